The predicted octanol–water partition coefficient (Wildman–Crippen LogP) is 5.73. The molecule has 2 heterocycles. The zero-order chi connectivity index (χ0) is 21.8. The maximum Gasteiger partial charge on any atom is 0.251 e. The van der Waals surface area contributed by atoms with Gasteiger partial charge in [-0.15, -0.1) is 0 Å². The molecule has 1 fully saturated rings. The van der Waals surface area contributed by atoms with Gasteiger partial charge in [0, 0.05) is 30.6 Å². The fourth-order valence-electron chi connectivity index (χ4n) is 5.12. The van der Waals surface area contributed by atoms with Crippen LogP contribution in [0.1, 0.15) is 80.4 Å². The Hall–Kier alpha value is -2.33. The molecule has 0 aromatic heterocycles. The van der Waals surface area contributed by atoms with Gasteiger partial charge in [-0.05, 0) is 61.9 Å². The fourth-order valence-corrected chi connectivity index (χ4v) is 5.12. The van der Waals surface area contributed by atoms with E-state index in [2.05, 4.69) is 49.2 Å². The molecule has 0 spiro atoms. The molecule has 31 heavy (non-hydrogen) atoms. The molecule has 2 unspecified atom stereocenters. The Kier molecular flexibility index (Phi) is 6.66. The number of carbonyl (C=O) groups excluding carboxylic acids is 1. The molecule has 4 heteroatoms. The van der Waals surface area contributed by atoms with Crippen LogP contribution in [0.25, 0.3) is 0 Å². The van der Waals surface area contributed by atoms with Crippen molar-refractivity contribution < 1.29 is 9.53 Å². The lowest BCUT2D eigenvalue weighted by molar-refractivity contribution is 0.0227. The van der Waals surface area contributed by atoms with Gasteiger partial charge in [-0.2, -0.15) is 0 Å². The maximum absolute atomic E-state index is 13.1. The van der Waals surface area contributed by atoms with Gasteiger partial charge in [0.05, 0.1) is 6.04 Å². The molecule has 0 radical (unpaired) electrons. The number of fused-ring (bicyclic) bond motifs is 1. The summed E-state index contributed by atoms with van der Waals surface area (Å²) in [7, 11) is 0. The van der Waals surface area contributed by atoms with E-state index in [1.54, 1.807) is 0 Å². The van der Waals surface area contributed by atoms with Crippen molar-refractivity contribution in [2.24, 2.45) is 5.92 Å². The van der Waals surface area contributed by atoms with Crippen molar-refractivity contribution in [2.75, 3.05) is 13.1 Å². The van der Waals surface area contributed by atoms with E-state index in [-0.39, 0.29) is 17.6 Å². The van der Waals surface area contributed by atoms with E-state index in [1.807, 2.05) is 30.3 Å². The number of benzene rings is 2. The van der Waals surface area contributed by atoms with E-state index in [9.17, 15) is 4.79 Å². The summed E-state index contributed by atoms with van der Waals surface area (Å²) in [5.74, 6) is 1.66. The highest BCUT2D eigenvalue weighted by molar-refractivity contribution is 5.94. The molecule has 4 nitrogen and oxygen atoms in total. The highest BCUT2D eigenvalue weighted by Gasteiger charge is 2.39. The van der Waals surface area contributed by atoms with Crippen molar-refractivity contribution in [2.45, 2.75) is 71.1 Å². The van der Waals surface area contributed by atoms with Gasteiger partial charge in [0.2, 0.25) is 0 Å². The molecule has 0 saturated carbocycles. The van der Waals surface area contributed by atoms with Crippen molar-refractivity contribution in [3.05, 3.63) is 65.2 Å². The van der Waals surface area contributed by atoms with Crippen LogP contribution in [-0.4, -0.2) is 29.5 Å². The lowest BCUT2D eigenvalue weighted by Gasteiger charge is -2.41. The molecule has 0 bridgehead atoms. The number of piperidine rings is 1. The summed E-state index contributed by atoms with van der Waals surface area (Å²) >= 11 is 0. The highest BCUT2D eigenvalue weighted by atomic mass is 16.5. The first kappa shape index (κ1) is 21.9. The number of nitrogens with zero attached hydrogens (tertiary/aromatic N) is 1. The second kappa shape index (κ2) is 9.44. The van der Waals surface area contributed by atoms with Gasteiger partial charge in [0.25, 0.3) is 5.91 Å². The van der Waals surface area contributed by atoms with Gasteiger partial charge in [0.1, 0.15) is 11.4 Å². The Bertz CT molecular complexity index is 888. The van der Waals surface area contributed by atoms with Crippen molar-refractivity contribution in [3.63, 3.8) is 0 Å². The smallest absolute Gasteiger partial charge is 0.251 e. The molecule has 2 aliphatic heterocycles. The van der Waals surface area contributed by atoms with Crippen molar-refractivity contribution in [1.29, 1.82) is 0 Å². The third-order valence-electron chi connectivity index (χ3n) is 7.15. The van der Waals surface area contributed by atoms with E-state index < -0.39 is 0 Å². The van der Waals surface area contributed by atoms with Crippen molar-refractivity contribution in [3.8, 4) is 5.75 Å². The number of nitrogens with one attached hydrogen (secondary N) is 1. The number of ether oxygens (including phenoxy) is 1. The first-order valence-corrected chi connectivity index (χ1v) is 11.9. The SMILES string of the molecule is CCC1(CC)CC(NC(=O)c2ccc(CN3CCCC(C)C3)cc2)c2ccccc2O1. The molecule has 4 rings (SSSR count). The van der Waals surface area contributed by atoms with Crippen LogP contribution < -0.4 is 10.1 Å². The molecular weight excluding hydrogens is 384 g/mol. The Morgan fingerprint density at radius 1 is 1.13 bits per heavy atom. The summed E-state index contributed by atoms with van der Waals surface area (Å²) in [6, 6.07) is 16.2. The minimum atomic E-state index is -0.220. The molecular formula is C27H36N2O2. The molecule has 2 aromatic rings. The average Bonchev–Trinajstić information content (AvgIpc) is 2.79. The van der Waals surface area contributed by atoms with Crippen LogP contribution in [0.4, 0.5) is 0 Å². The Morgan fingerprint density at radius 3 is 2.58 bits per heavy atom. The minimum absolute atomic E-state index is 0.0130. The lowest BCUT2D eigenvalue weighted by Crippen LogP contribution is -2.44. The third kappa shape index (κ3) is 4.95. The minimum Gasteiger partial charge on any atom is -0.487 e. The predicted molar refractivity (Wildman–Crippen MR) is 125 cm³/mol. The van der Waals surface area contributed by atoms with E-state index >= 15 is 0 Å². The average molecular weight is 421 g/mol. The number of carbonyl (C=O) groups is 1. The molecule has 1 amide bonds. The normalized spacial score (nSPS) is 22.9. The van der Waals surface area contributed by atoms with Gasteiger partial charge in [-0.1, -0.05) is 51.1 Å². The summed E-state index contributed by atoms with van der Waals surface area (Å²) in [5.41, 5.74) is 2.85. The quantitative estimate of drug-likeness (QED) is 0.649. The molecule has 166 valence electrons. The second-order valence-electron chi connectivity index (χ2n) is 9.44. The van der Waals surface area contributed by atoms with E-state index in [4.69, 9.17) is 4.74 Å². The number of para-hydroxylation sites is 1. The summed E-state index contributed by atoms with van der Waals surface area (Å²) in [6.45, 7) is 9.97. The van der Waals surface area contributed by atoms with Gasteiger partial charge < -0.3 is 10.1 Å². The number of rotatable bonds is 6. The molecule has 1 N–H and O–H groups in total. The summed E-state index contributed by atoms with van der Waals surface area (Å²) in [4.78, 5) is 15.6. The van der Waals surface area contributed by atoms with E-state index in [0.717, 1.165) is 48.6 Å². The lowest BCUT2D eigenvalue weighted by atomic mass is 9.83. The molecule has 1 saturated heterocycles. The van der Waals surface area contributed by atoms with Crippen LogP contribution in [0.3, 0.4) is 0 Å². The van der Waals surface area contributed by atoms with Crippen LogP contribution >= 0.6 is 0 Å². The van der Waals surface area contributed by atoms with Gasteiger partial charge >= 0.3 is 0 Å². The number of hydrogen-bond donors (Lipinski definition) is 1. The topological polar surface area (TPSA) is 41.6 Å². The van der Waals surface area contributed by atoms with E-state index in [1.165, 1.54) is 31.5 Å². The van der Waals surface area contributed by atoms with Crippen molar-refractivity contribution >= 4 is 5.91 Å². The third-order valence-corrected chi connectivity index (χ3v) is 7.15. The molecule has 2 aliphatic rings. The summed E-state index contributed by atoms with van der Waals surface area (Å²) < 4.78 is 6.37. The zero-order valence-electron chi connectivity index (χ0n) is 19.2. The number of likely N-dealkylation sites (tertiary alicyclic amines) is 1. The number of amides is 1. The van der Waals surface area contributed by atoms with Crippen LogP contribution in [0, 0.1) is 5.92 Å². The number of hydrogen-bond acceptors (Lipinski definition) is 3. The van der Waals surface area contributed by atoms with E-state index in [0.29, 0.717) is 0 Å². The van der Waals surface area contributed by atoms with Gasteiger partial charge in [0.15, 0.2) is 0 Å². The van der Waals surface area contributed by atoms with Crippen LogP contribution in [0.2, 0.25) is 0 Å². The Morgan fingerprint density at radius 2 is 1.87 bits per heavy atom. The van der Waals surface area contributed by atoms with Gasteiger partial charge in [-0.3, -0.25) is 9.69 Å². The Balaban J connectivity index is 1.45. The monoisotopic (exact) mass is 420 g/mol. The largest absolute Gasteiger partial charge is 0.487 e. The zero-order valence-corrected chi connectivity index (χ0v) is 19.2. The first-order chi connectivity index (χ1) is 15.0. The van der Waals surface area contributed by atoms with Crippen LogP contribution in [0.5, 0.6) is 5.75 Å². The highest BCUT2D eigenvalue weighted by Crippen LogP contribution is 2.42. The molecule has 2 atom stereocenters. The van der Waals surface area contributed by atoms with Crippen LogP contribution in [0.15, 0.2) is 48.5 Å². The summed E-state index contributed by atoms with van der Waals surface area (Å²) in [5, 5.41) is 3.29. The summed E-state index contributed by atoms with van der Waals surface area (Å²) in [6.07, 6.45) is 5.27. The van der Waals surface area contributed by atoms with Gasteiger partial charge in [-0.25, -0.2) is 0 Å². The fraction of sp³-hybridized carbons (Fsp3) is 0.519. The van der Waals surface area contributed by atoms with Crippen LogP contribution in [-0.2, 0) is 6.54 Å². The Labute approximate surface area is 187 Å². The molecule has 2 aromatic carbocycles. The maximum atomic E-state index is 13.1. The standard InChI is InChI=1S/C27H36N2O2/c1-4-27(5-2)17-24(23-10-6-7-11-25(23)31-27)28-26(30)22-14-12-21(13-15-22)19-29-16-8-9-20(3)18-29/h6-7,10-15,20,24H,4-5,8-9,16-19H2,1-3H3,(H,28,30). The molecule has 0 aliphatic carbocycles. The van der Waals surface area contributed by atoms with Crippen molar-refractivity contribution in [1.82, 2.24) is 10.2 Å². The second-order valence-corrected chi connectivity index (χ2v) is 9.44. The first-order valence-electron chi connectivity index (χ1n) is 11.9.